The lowest BCUT2D eigenvalue weighted by Gasteiger charge is -2.32. The molecule has 146 valence electrons. The molecule has 1 aromatic carbocycles. The van der Waals surface area contributed by atoms with E-state index in [2.05, 4.69) is 16.0 Å². The number of hydrogen-bond acceptors (Lipinski definition) is 5. The quantitative estimate of drug-likeness (QED) is 0.794. The minimum atomic E-state index is -3.52. The van der Waals surface area contributed by atoms with Gasteiger partial charge in [-0.05, 0) is 56.6 Å². The molecule has 6 nitrogen and oxygen atoms in total. The number of benzene rings is 1. The summed E-state index contributed by atoms with van der Waals surface area (Å²) in [4.78, 5) is 7.04. The van der Waals surface area contributed by atoms with Crippen LogP contribution in [0, 0.1) is 11.3 Å². The fourth-order valence-electron chi connectivity index (χ4n) is 4.08. The zero-order valence-corrected chi connectivity index (χ0v) is 16.6. The standard InChI is InChI=1S/C21H24N4O2S/c22-14-17-4-6-18(7-5-17)21-9-8-20(15-23-21)28(26,27)25-13-10-19(16-25)24-11-2-1-3-12-24/h4-9,15,19H,1-3,10-13,16H2/t19-/m1/s1. The Bertz CT molecular complexity index is 959. The summed E-state index contributed by atoms with van der Waals surface area (Å²) >= 11 is 0. The lowest BCUT2D eigenvalue weighted by Crippen LogP contribution is -2.41. The second kappa shape index (κ2) is 8.00. The molecule has 2 aromatic rings. The third-order valence-corrected chi connectivity index (χ3v) is 7.57. The minimum Gasteiger partial charge on any atom is -0.299 e. The van der Waals surface area contributed by atoms with Crippen LogP contribution in [0.15, 0.2) is 47.5 Å². The van der Waals surface area contributed by atoms with Gasteiger partial charge in [-0.3, -0.25) is 9.88 Å². The molecule has 1 aromatic heterocycles. The number of piperidine rings is 1. The SMILES string of the molecule is N#Cc1ccc(-c2ccc(S(=O)(=O)N3CC[C@@H](N4CCCCC4)C3)cn2)cc1. The topological polar surface area (TPSA) is 77.3 Å². The van der Waals surface area contributed by atoms with Gasteiger partial charge in [-0.15, -0.1) is 0 Å². The van der Waals surface area contributed by atoms with E-state index in [-0.39, 0.29) is 4.90 Å². The zero-order valence-electron chi connectivity index (χ0n) is 15.8. The van der Waals surface area contributed by atoms with E-state index in [1.54, 1.807) is 28.6 Å². The van der Waals surface area contributed by atoms with Crippen LogP contribution in [0.2, 0.25) is 0 Å². The minimum absolute atomic E-state index is 0.240. The van der Waals surface area contributed by atoms with Crippen LogP contribution in [-0.2, 0) is 10.0 Å². The lowest BCUT2D eigenvalue weighted by atomic mass is 10.1. The molecule has 2 fully saturated rings. The summed E-state index contributed by atoms with van der Waals surface area (Å²) in [6.07, 6.45) is 6.05. The maximum absolute atomic E-state index is 13.0. The molecule has 2 aliphatic rings. The molecular weight excluding hydrogens is 372 g/mol. The molecule has 0 spiro atoms. The number of rotatable bonds is 4. The molecule has 0 aliphatic carbocycles. The van der Waals surface area contributed by atoms with Crippen molar-refractivity contribution in [3.8, 4) is 17.3 Å². The van der Waals surface area contributed by atoms with Crippen LogP contribution in [0.25, 0.3) is 11.3 Å². The molecule has 0 bridgehead atoms. The van der Waals surface area contributed by atoms with Crippen LogP contribution in [0.3, 0.4) is 0 Å². The highest BCUT2D eigenvalue weighted by Gasteiger charge is 2.35. The number of aromatic nitrogens is 1. The van der Waals surface area contributed by atoms with Crippen molar-refractivity contribution in [1.29, 1.82) is 5.26 Å². The fraction of sp³-hybridized carbons (Fsp3) is 0.429. The molecule has 2 aliphatic heterocycles. The van der Waals surface area contributed by atoms with E-state index in [1.807, 2.05) is 12.1 Å². The van der Waals surface area contributed by atoms with E-state index in [4.69, 9.17) is 5.26 Å². The predicted octanol–water partition coefficient (Wildman–Crippen LogP) is 2.87. The Hall–Kier alpha value is -2.27. The van der Waals surface area contributed by atoms with Crippen molar-refractivity contribution in [2.75, 3.05) is 26.2 Å². The molecule has 28 heavy (non-hydrogen) atoms. The van der Waals surface area contributed by atoms with Crippen molar-refractivity contribution in [3.63, 3.8) is 0 Å². The Kier molecular flexibility index (Phi) is 5.44. The van der Waals surface area contributed by atoms with Gasteiger partial charge in [0.15, 0.2) is 0 Å². The largest absolute Gasteiger partial charge is 0.299 e. The predicted molar refractivity (Wildman–Crippen MR) is 107 cm³/mol. The molecule has 4 rings (SSSR count). The van der Waals surface area contributed by atoms with Crippen LogP contribution in [0.4, 0.5) is 0 Å². The first-order valence-corrected chi connectivity index (χ1v) is 11.2. The van der Waals surface area contributed by atoms with E-state index < -0.39 is 10.0 Å². The first kappa shape index (κ1) is 19.1. The van der Waals surface area contributed by atoms with E-state index >= 15 is 0 Å². The molecular formula is C21H24N4O2S. The number of pyridine rings is 1. The first-order valence-electron chi connectivity index (χ1n) is 9.79. The molecule has 0 amide bonds. The van der Waals surface area contributed by atoms with Gasteiger partial charge in [0.05, 0.1) is 17.3 Å². The molecule has 0 N–H and O–H groups in total. The van der Waals surface area contributed by atoms with Gasteiger partial charge < -0.3 is 0 Å². The number of nitrogens with zero attached hydrogens (tertiary/aromatic N) is 4. The molecule has 0 unspecified atom stereocenters. The van der Waals surface area contributed by atoms with Gasteiger partial charge in [0.25, 0.3) is 0 Å². The highest BCUT2D eigenvalue weighted by Crippen LogP contribution is 2.26. The van der Waals surface area contributed by atoms with E-state index in [9.17, 15) is 8.42 Å². The lowest BCUT2D eigenvalue weighted by molar-refractivity contribution is 0.169. The van der Waals surface area contributed by atoms with Crippen molar-refractivity contribution in [1.82, 2.24) is 14.2 Å². The number of likely N-dealkylation sites (tertiary alicyclic amines) is 1. The van der Waals surface area contributed by atoms with Crippen LogP contribution in [0.5, 0.6) is 0 Å². The number of nitriles is 1. The molecule has 0 saturated carbocycles. The Labute approximate surface area is 166 Å². The molecule has 7 heteroatoms. The van der Waals surface area contributed by atoms with Crippen molar-refractivity contribution in [2.24, 2.45) is 0 Å². The summed E-state index contributed by atoms with van der Waals surface area (Å²) in [5, 5.41) is 8.89. The smallest absolute Gasteiger partial charge is 0.244 e. The fourth-order valence-corrected chi connectivity index (χ4v) is 5.52. The van der Waals surface area contributed by atoms with Crippen LogP contribution < -0.4 is 0 Å². The molecule has 2 saturated heterocycles. The van der Waals surface area contributed by atoms with E-state index in [0.717, 1.165) is 25.1 Å². The maximum atomic E-state index is 13.0. The average molecular weight is 397 g/mol. The van der Waals surface area contributed by atoms with Gasteiger partial charge in [0.2, 0.25) is 10.0 Å². The summed E-state index contributed by atoms with van der Waals surface area (Å²) in [7, 11) is -3.52. The Morgan fingerprint density at radius 2 is 1.75 bits per heavy atom. The van der Waals surface area contributed by atoms with Crippen molar-refractivity contribution in [2.45, 2.75) is 36.6 Å². The van der Waals surface area contributed by atoms with Crippen LogP contribution >= 0.6 is 0 Å². The summed E-state index contributed by atoms with van der Waals surface area (Å²) in [5.74, 6) is 0. The van der Waals surface area contributed by atoms with Crippen molar-refractivity contribution in [3.05, 3.63) is 48.2 Å². The average Bonchev–Trinajstić information content (AvgIpc) is 3.26. The van der Waals surface area contributed by atoms with Gasteiger partial charge >= 0.3 is 0 Å². The van der Waals surface area contributed by atoms with Crippen molar-refractivity contribution >= 4 is 10.0 Å². The summed E-state index contributed by atoms with van der Waals surface area (Å²) in [6, 6.07) is 12.9. The van der Waals surface area contributed by atoms with Gasteiger partial charge in [-0.2, -0.15) is 9.57 Å². The van der Waals surface area contributed by atoms with Crippen molar-refractivity contribution < 1.29 is 8.42 Å². The summed E-state index contributed by atoms with van der Waals surface area (Å²) in [5.41, 5.74) is 2.13. The molecule has 3 heterocycles. The zero-order chi connectivity index (χ0) is 19.6. The third kappa shape index (κ3) is 3.81. The summed E-state index contributed by atoms with van der Waals surface area (Å²) < 4.78 is 27.7. The Morgan fingerprint density at radius 3 is 2.39 bits per heavy atom. The monoisotopic (exact) mass is 396 g/mol. The summed E-state index contributed by atoms with van der Waals surface area (Å²) in [6.45, 7) is 3.30. The number of sulfonamides is 1. The van der Waals surface area contributed by atoms with E-state index in [0.29, 0.717) is 30.4 Å². The second-order valence-corrected chi connectivity index (χ2v) is 9.41. The van der Waals surface area contributed by atoms with Gasteiger partial charge in [-0.1, -0.05) is 18.6 Å². The van der Waals surface area contributed by atoms with Crippen LogP contribution in [-0.4, -0.2) is 54.8 Å². The highest BCUT2D eigenvalue weighted by atomic mass is 32.2. The molecule has 1 atom stereocenters. The number of hydrogen-bond donors (Lipinski definition) is 0. The Balaban J connectivity index is 1.47. The highest BCUT2D eigenvalue weighted by molar-refractivity contribution is 7.89. The van der Waals surface area contributed by atoms with E-state index in [1.165, 1.54) is 25.5 Å². The maximum Gasteiger partial charge on any atom is 0.244 e. The van der Waals surface area contributed by atoms with Gasteiger partial charge in [-0.25, -0.2) is 8.42 Å². The first-order chi connectivity index (χ1) is 13.6. The molecule has 0 radical (unpaired) electrons. The van der Waals surface area contributed by atoms with Gasteiger partial charge in [0.1, 0.15) is 4.90 Å². The van der Waals surface area contributed by atoms with Crippen LogP contribution in [0.1, 0.15) is 31.2 Å². The second-order valence-electron chi connectivity index (χ2n) is 7.47. The third-order valence-electron chi connectivity index (χ3n) is 5.72. The Morgan fingerprint density at radius 1 is 1.00 bits per heavy atom. The van der Waals surface area contributed by atoms with Gasteiger partial charge in [0, 0.05) is 30.9 Å². The normalized spacial score (nSPS) is 21.5.